The van der Waals surface area contributed by atoms with Crippen LogP contribution in [0.4, 0.5) is 0 Å². The monoisotopic (exact) mass is 248 g/mol. The van der Waals surface area contributed by atoms with E-state index in [1.54, 1.807) is 6.08 Å². The van der Waals surface area contributed by atoms with E-state index in [0.717, 1.165) is 11.1 Å². The van der Waals surface area contributed by atoms with Crippen LogP contribution in [0.1, 0.15) is 17.5 Å². The Balaban J connectivity index is 3.06. The van der Waals surface area contributed by atoms with Crippen LogP contribution in [-0.2, 0) is 19.1 Å². The molecule has 0 spiro atoms. The van der Waals surface area contributed by atoms with E-state index < -0.39 is 11.9 Å². The number of methoxy groups -OCH3 is 2. The van der Waals surface area contributed by atoms with E-state index >= 15 is 0 Å². The summed E-state index contributed by atoms with van der Waals surface area (Å²) in [6, 6.07) is 7.57. The Labute approximate surface area is 106 Å². The van der Waals surface area contributed by atoms with Crippen molar-refractivity contribution in [3.05, 3.63) is 41.0 Å². The second kappa shape index (κ2) is 6.59. The Hall–Kier alpha value is -2.10. The average Bonchev–Trinajstić information content (AvgIpc) is 2.39. The smallest absolute Gasteiger partial charge is 0.334 e. The van der Waals surface area contributed by atoms with E-state index in [1.807, 2.05) is 31.2 Å². The van der Waals surface area contributed by atoms with Gasteiger partial charge in [-0.2, -0.15) is 0 Å². The van der Waals surface area contributed by atoms with Gasteiger partial charge in [0.15, 0.2) is 0 Å². The van der Waals surface area contributed by atoms with Crippen LogP contribution in [0, 0.1) is 6.92 Å². The first-order valence-electron chi connectivity index (χ1n) is 5.49. The molecule has 0 amide bonds. The number of carbonyl (C=O) groups excluding carboxylic acids is 2. The van der Waals surface area contributed by atoms with Gasteiger partial charge in [-0.25, -0.2) is 4.79 Å². The minimum atomic E-state index is -0.524. The number of ether oxygens (including phenoxy) is 2. The molecule has 1 aromatic rings. The number of rotatable bonds is 4. The predicted octanol–water partition coefficient (Wildman–Crippen LogP) is 2.11. The van der Waals surface area contributed by atoms with Gasteiger partial charge in [0.1, 0.15) is 0 Å². The van der Waals surface area contributed by atoms with E-state index in [2.05, 4.69) is 9.47 Å². The lowest BCUT2D eigenvalue weighted by Crippen LogP contribution is -2.11. The first-order valence-corrected chi connectivity index (χ1v) is 5.49. The molecule has 0 aliphatic rings. The second-order valence-electron chi connectivity index (χ2n) is 3.77. The third-order valence-electron chi connectivity index (χ3n) is 2.53. The molecule has 0 bridgehead atoms. The molecule has 96 valence electrons. The molecule has 0 aliphatic carbocycles. The second-order valence-corrected chi connectivity index (χ2v) is 3.77. The summed E-state index contributed by atoms with van der Waals surface area (Å²) >= 11 is 0. The minimum Gasteiger partial charge on any atom is -0.469 e. The van der Waals surface area contributed by atoms with Crippen molar-refractivity contribution in [2.24, 2.45) is 0 Å². The van der Waals surface area contributed by atoms with Crippen molar-refractivity contribution in [1.29, 1.82) is 0 Å². The van der Waals surface area contributed by atoms with Crippen molar-refractivity contribution in [2.45, 2.75) is 13.3 Å². The molecular weight excluding hydrogens is 232 g/mol. The number of aryl methyl sites for hydroxylation is 1. The fraction of sp³-hybridized carbons (Fsp3) is 0.286. The maximum atomic E-state index is 11.6. The van der Waals surface area contributed by atoms with Crippen LogP contribution in [0.15, 0.2) is 29.8 Å². The molecule has 4 heteroatoms. The Bertz CT molecular complexity index is 474. The highest BCUT2D eigenvalue weighted by Gasteiger charge is 2.15. The SMILES string of the molecule is COC(=O)C/C(=C\c1ccccc1C)C(=O)OC. The highest BCUT2D eigenvalue weighted by Crippen LogP contribution is 2.15. The standard InChI is InChI=1S/C14H16O4/c1-10-6-4-5-7-11(10)8-12(14(16)18-3)9-13(15)17-2/h4-8H,9H2,1-3H3/b12-8+. The van der Waals surface area contributed by atoms with Gasteiger partial charge in [-0.1, -0.05) is 24.3 Å². The van der Waals surface area contributed by atoms with Gasteiger partial charge in [0.2, 0.25) is 0 Å². The van der Waals surface area contributed by atoms with Crippen LogP contribution in [0.25, 0.3) is 6.08 Å². The molecule has 0 unspecified atom stereocenters. The van der Waals surface area contributed by atoms with Crippen molar-refractivity contribution < 1.29 is 19.1 Å². The molecule has 0 fully saturated rings. The molecule has 1 rings (SSSR count). The summed E-state index contributed by atoms with van der Waals surface area (Å²) in [4.78, 5) is 22.8. The van der Waals surface area contributed by atoms with Gasteiger partial charge in [-0.15, -0.1) is 0 Å². The van der Waals surface area contributed by atoms with Crippen LogP contribution in [0.3, 0.4) is 0 Å². The van der Waals surface area contributed by atoms with E-state index in [9.17, 15) is 9.59 Å². The quantitative estimate of drug-likeness (QED) is 0.605. The van der Waals surface area contributed by atoms with Crippen molar-refractivity contribution in [1.82, 2.24) is 0 Å². The summed E-state index contributed by atoms with van der Waals surface area (Å²) in [6.45, 7) is 1.93. The van der Waals surface area contributed by atoms with Crippen LogP contribution in [0.5, 0.6) is 0 Å². The summed E-state index contributed by atoms with van der Waals surface area (Å²) in [5.74, 6) is -0.996. The Morgan fingerprint density at radius 3 is 2.39 bits per heavy atom. The van der Waals surface area contributed by atoms with Gasteiger partial charge in [-0.3, -0.25) is 4.79 Å². The van der Waals surface area contributed by atoms with Crippen LogP contribution in [-0.4, -0.2) is 26.2 Å². The molecule has 0 aliphatic heterocycles. The lowest BCUT2D eigenvalue weighted by atomic mass is 10.0. The van der Waals surface area contributed by atoms with Gasteiger partial charge < -0.3 is 9.47 Å². The van der Waals surface area contributed by atoms with Crippen molar-refractivity contribution >= 4 is 18.0 Å². The number of carbonyl (C=O) groups is 2. The zero-order chi connectivity index (χ0) is 13.5. The van der Waals surface area contributed by atoms with E-state index in [4.69, 9.17) is 0 Å². The first-order chi connectivity index (χ1) is 8.58. The first kappa shape index (κ1) is 14.0. The van der Waals surface area contributed by atoms with Crippen molar-refractivity contribution in [3.8, 4) is 0 Å². The Morgan fingerprint density at radius 1 is 1.17 bits per heavy atom. The summed E-state index contributed by atoms with van der Waals surface area (Å²) in [7, 11) is 2.57. The summed E-state index contributed by atoms with van der Waals surface area (Å²) in [5.41, 5.74) is 2.17. The number of hydrogen-bond acceptors (Lipinski definition) is 4. The largest absolute Gasteiger partial charge is 0.469 e. The third-order valence-corrected chi connectivity index (χ3v) is 2.53. The lowest BCUT2D eigenvalue weighted by Gasteiger charge is -2.06. The molecule has 0 heterocycles. The molecule has 18 heavy (non-hydrogen) atoms. The number of esters is 2. The topological polar surface area (TPSA) is 52.6 Å². The van der Waals surface area contributed by atoms with Gasteiger partial charge in [-0.05, 0) is 24.1 Å². The molecule has 0 N–H and O–H groups in total. The van der Waals surface area contributed by atoms with E-state index in [0.29, 0.717) is 0 Å². The molecule has 0 aromatic heterocycles. The summed E-state index contributed by atoms with van der Waals surface area (Å²) in [6.07, 6.45) is 1.55. The fourth-order valence-electron chi connectivity index (χ4n) is 1.48. The van der Waals surface area contributed by atoms with E-state index in [-0.39, 0.29) is 12.0 Å². The van der Waals surface area contributed by atoms with Gasteiger partial charge in [0.25, 0.3) is 0 Å². The van der Waals surface area contributed by atoms with Crippen molar-refractivity contribution in [2.75, 3.05) is 14.2 Å². The highest BCUT2D eigenvalue weighted by atomic mass is 16.5. The average molecular weight is 248 g/mol. The van der Waals surface area contributed by atoms with Gasteiger partial charge in [0.05, 0.1) is 20.6 Å². The summed E-state index contributed by atoms with van der Waals surface area (Å²) < 4.78 is 9.21. The summed E-state index contributed by atoms with van der Waals surface area (Å²) in [5, 5.41) is 0. The maximum absolute atomic E-state index is 11.6. The predicted molar refractivity (Wildman–Crippen MR) is 67.8 cm³/mol. The molecular formula is C14H16O4. The highest BCUT2D eigenvalue weighted by molar-refractivity contribution is 5.98. The maximum Gasteiger partial charge on any atom is 0.334 e. The van der Waals surface area contributed by atoms with Crippen LogP contribution in [0.2, 0.25) is 0 Å². The van der Waals surface area contributed by atoms with Crippen molar-refractivity contribution in [3.63, 3.8) is 0 Å². The zero-order valence-electron chi connectivity index (χ0n) is 10.7. The number of hydrogen-bond donors (Lipinski definition) is 0. The van der Waals surface area contributed by atoms with E-state index in [1.165, 1.54) is 14.2 Å². The zero-order valence-corrected chi connectivity index (χ0v) is 10.7. The van der Waals surface area contributed by atoms with Gasteiger partial charge >= 0.3 is 11.9 Å². The normalized spacial score (nSPS) is 10.9. The number of benzene rings is 1. The molecule has 0 radical (unpaired) electrons. The molecule has 1 aromatic carbocycles. The Kier molecular flexibility index (Phi) is 5.11. The third kappa shape index (κ3) is 3.73. The molecule has 0 saturated heterocycles. The molecule has 4 nitrogen and oxygen atoms in total. The minimum absolute atomic E-state index is 0.0997. The molecule has 0 atom stereocenters. The lowest BCUT2D eigenvalue weighted by molar-refractivity contribution is -0.143. The van der Waals surface area contributed by atoms with Gasteiger partial charge in [0, 0.05) is 5.57 Å². The Morgan fingerprint density at radius 2 is 1.83 bits per heavy atom. The molecule has 0 saturated carbocycles. The fourth-order valence-corrected chi connectivity index (χ4v) is 1.48. The van der Waals surface area contributed by atoms with Crippen LogP contribution >= 0.6 is 0 Å². The van der Waals surface area contributed by atoms with Crippen LogP contribution < -0.4 is 0 Å².